The first-order chi connectivity index (χ1) is 10.1. The molecule has 2 heterocycles. The van der Waals surface area contributed by atoms with Gasteiger partial charge in [-0.2, -0.15) is 0 Å². The first-order valence-electron chi connectivity index (χ1n) is 6.40. The lowest BCUT2D eigenvalue weighted by molar-refractivity contribution is 0.262. The van der Waals surface area contributed by atoms with Crippen LogP contribution in [0.3, 0.4) is 0 Å². The van der Waals surface area contributed by atoms with Crippen molar-refractivity contribution in [3.05, 3.63) is 52.0 Å². The SMILES string of the molecule is Cc1ccc(C)c(OCc2nnc(-c3ccc(Br)o3)o2)c1. The van der Waals surface area contributed by atoms with Crippen LogP contribution in [0.5, 0.6) is 5.75 Å². The summed E-state index contributed by atoms with van der Waals surface area (Å²) in [6.07, 6.45) is 0. The molecule has 0 saturated carbocycles. The van der Waals surface area contributed by atoms with Gasteiger partial charge in [-0.1, -0.05) is 12.1 Å². The van der Waals surface area contributed by atoms with Gasteiger partial charge >= 0.3 is 0 Å². The molecular formula is C15H13BrN2O3. The highest BCUT2D eigenvalue weighted by Gasteiger charge is 2.13. The Morgan fingerprint density at radius 1 is 1.10 bits per heavy atom. The molecule has 0 unspecified atom stereocenters. The van der Waals surface area contributed by atoms with E-state index in [0.717, 1.165) is 16.9 Å². The summed E-state index contributed by atoms with van der Waals surface area (Å²) in [6.45, 7) is 4.24. The zero-order chi connectivity index (χ0) is 14.8. The Labute approximate surface area is 130 Å². The Hall–Kier alpha value is -2.08. The molecule has 0 aliphatic carbocycles. The molecule has 1 aromatic carbocycles. The van der Waals surface area contributed by atoms with E-state index in [-0.39, 0.29) is 6.61 Å². The van der Waals surface area contributed by atoms with Crippen molar-refractivity contribution in [3.63, 3.8) is 0 Å². The molecule has 5 nitrogen and oxygen atoms in total. The zero-order valence-corrected chi connectivity index (χ0v) is 13.2. The Bertz CT molecular complexity index is 764. The number of ether oxygens (including phenoxy) is 1. The number of halogens is 1. The molecule has 0 saturated heterocycles. The van der Waals surface area contributed by atoms with Gasteiger partial charge in [-0.15, -0.1) is 10.2 Å². The van der Waals surface area contributed by atoms with E-state index in [1.165, 1.54) is 0 Å². The number of nitrogens with zero attached hydrogens (tertiary/aromatic N) is 2. The average Bonchev–Trinajstić information content (AvgIpc) is 3.08. The van der Waals surface area contributed by atoms with Crippen LogP contribution in [-0.4, -0.2) is 10.2 Å². The van der Waals surface area contributed by atoms with Crippen LogP contribution in [0.1, 0.15) is 17.0 Å². The molecule has 0 aliphatic rings. The van der Waals surface area contributed by atoms with Gasteiger partial charge in [-0.3, -0.25) is 0 Å². The number of aromatic nitrogens is 2. The largest absolute Gasteiger partial charge is 0.484 e. The fourth-order valence-corrected chi connectivity index (χ4v) is 2.15. The predicted molar refractivity (Wildman–Crippen MR) is 79.9 cm³/mol. The van der Waals surface area contributed by atoms with E-state index in [0.29, 0.717) is 22.2 Å². The Morgan fingerprint density at radius 3 is 2.71 bits per heavy atom. The molecule has 108 valence electrons. The monoisotopic (exact) mass is 348 g/mol. The standard InChI is InChI=1S/C15H13BrN2O3/c1-9-3-4-10(2)12(7-9)19-8-14-17-18-15(21-14)11-5-6-13(16)20-11/h3-7H,8H2,1-2H3. The predicted octanol–water partition coefficient (Wildman–Crippen LogP) is 4.29. The van der Waals surface area contributed by atoms with Gasteiger partial charge in [0.05, 0.1) is 0 Å². The van der Waals surface area contributed by atoms with Crippen LogP contribution in [0.4, 0.5) is 0 Å². The molecule has 0 bridgehead atoms. The van der Waals surface area contributed by atoms with E-state index >= 15 is 0 Å². The van der Waals surface area contributed by atoms with E-state index in [9.17, 15) is 0 Å². The molecule has 21 heavy (non-hydrogen) atoms. The first-order valence-corrected chi connectivity index (χ1v) is 7.19. The lowest BCUT2D eigenvalue weighted by Gasteiger charge is -2.07. The van der Waals surface area contributed by atoms with Gasteiger partial charge in [0.15, 0.2) is 17.0 Å². The van der Waals surface area contributed by atoms with Crippen molar-refractivity contribution in [1.82, 2.24) is 10.2 Å². The van der Waals surface area contributed by atoms with Crippen molar-refractivity contribution in [2.75, 3.05) is 0 Å². The van der Waals surface area contributed by atoms with Crippen LogP contribution in [0.2, 0.25) is 0 Å². The fourth-order valence-electron chi connectivity index (χ4n) is 1.84. The Kier molecular flexibility index (Phi) is 3.79. The van der Waals surface area contributed by atoms with Gasteiger partial charge in [0.2, 0.25) is 0 Å². The minimum Gasteiger partial charge on any atom is -0.484 e. The molecule has 0 spiro atoms. The quantitative estimate of drug-likeness (QED) is 0.703. The third-order valence-corrected chi connectivity index (χ3v) is 3.37. The average molecular weight is 349 g/mol. The highest BCUT2D eigenvalue weighted by molar-refractivity contribution is 9.10. The molecule has 0 amide bonds. The van der Waals surface area contributed by atoms with Crippen LogP contribution in [0.25, 0.3) is 11.7 Å². The van der Waals surface area contributed by atoms with Crippen LogP contribution < -0.4 is 4.74 Å². The number of hydrogen-bond acceptors (Lipinski definition) is 5. The third-order valence-electron chi connectivity index (χ3n) is 2.95. The molecule has 3 aromatic rings. The van der Waals surface area contributed by atoms with Crippen LogP contribution in [0, 0.1) is 13.8 Å². The molecule has 3 rings (SSSR count). The van der Waals surface area contributed by atoms with Crippen molar-refractivity contribution >= 4 is 15.9 Å². The second-order valence-electron chi connectivity index (χ2n) is 4.66. The number of furan rings is 1. The molecule has 0 fully saturated rings. The van der Waals surface area contributed by atoms with Crippen molar-refractivity contribution in [2.24, 2.45) is 0 Å². The van der Waals surface area contributed by atoms with Gasteiger partial charge in [0, 0.05) is 0 Å². The molecular weight excluding hydrogens is 336 g/mol. The summed E-state index contributed by atoms with van der Waals surface area (Å²) in [7, 11) is 0. The minimum absolute atomic E-state index is 0.221. The van der Waals surface area contributed by atoms with Gasteiger partial charge in [0.25, 0.3) is 11.8 Å². The highest BCUT2D eigenvalue weighted by Crippen LogP contribution is 2.24. The molecule has 0 radical (unpaired) electrons. The number of rotatable bonds is 4. The van der Waals surface area contributed by atoms with Crippen LogP contribution in [0.15, 0.2) is 43.8 Å². The highest BCUT2D eigenvalue weighted by atomic mass is 79.9. The summed E-state index contributed by atoms with van der Waals surface area (Å²) in [5.41, 5.74) is 2.21. The first kappa shape index (κ1) is 13.9. The van der Waals surface area contributed by atoms with Gasteiger partial charge < -0.3 is 13.6 Å². The number of benzene rings is 1. The van der Waals surface area contributed by atoms with Crippen molar-refractivity contribution in [1.29, 1.82) is 0 Å². The maximum Gasteiger partial charge on any atom is 0.283 e. The van der Waals surface area contributed by atoms with Crippen molar-refractivity contribution < 1.29 is 13.6 Å². The zero-order valence-electron chi connectivity index (χ0n) is 11.6. The molecule has 0 N–H and O–H groups in total. The summed E-state index contributed by atoms with van der Waals surface area (Å²) in [5, 5.41) is 7.89. The second-order valence-corrected chi connectivity index (χ2v) is 5.44. The summed E-state index contributed by atoms with van der Waals surface area (Å²) in [5.74, 6) is 2.07. The normalized spacial score (nSPS) is 10.8. The minimum atomic E-state index is 0.221. The Balaban J connectivity index is 1.71. The molecule has 0 aliphatic heterocycles. The Morgan fingerprint density at radius 2 is 1.95 bits per heavy atom. The lowest BCUT2D eigenvalue weighted by atomic mass is 10.1. The van der Waals surface area contributed by atoms with E-state index in [1.807, 2.05) is 32.0 Å². The van der Waals surface area contributed by atoms with E-state index in [4.69, 9.17) is 13.6 Å². The summed E-state index contributed by atoms with van der Waals surface area (Å²) in [4.78, 5) is 0. The van der Waals surface area contributed by atoms with E-state index < -0.39 is 0 Å². The summed E-state index contributed by atoms with van der Waals surface area (Å²) in [6, 6.07) is 9.57. The molecule has 2 aromatic heterocycles. The molecule has 0 atom stereocenters. The third kappa shape index (κ3) is 3.16. The van der Waals surface area contributed by atoms with Crippen molar-refractivity contribution in [3.8, 4) is 17.4 Å². The fraction of sp³-hybridized carbons (Fsp3) is 0.200. The van der Waals surface area contributed by atoms with Crippen LogP contribution >= 0.6 is 15.9 Å². The van der Waals surface area contributed by atoms with E-state index in [1.54, 1.807) is 12.1 Å². The van der Waals surface area contributed by atoms with Gasteiger partial charge in [0.1, 0.15) is 5.75 Å². The molecule has 6 heteroatoms. The topological polar surface area (TPSA) is 61.3 Å². The maximum absolute atomic E-state index is 5.72. The maximum atomic E-state index is 5.72. The summed E-state index contributed by atoms with van der Waals surface area (Å²) >= 11 is 3.23. The lowest BCUT2D eigenvalue weighted by Crippen LogP contribution is -1.97. The number of aryl methyl sites for hydroxylation is 2. The number of hydrogen-bond donors (Lipinski definition) is 0. The van der Waals surface area contributed by atoms with Crippen LogP contribution in [-0.2, 0) is 6.61 Å². The van der Waals surface area contributed by atoms with Crippen molar-refractivity contribution in [2.45, 2.75) is 20.5 Å². The smallest absolute Gasteiger partial charge is 0.283 e. The van der Waals surface area contributed by atoms with Gasteiger partial charge in [-0.25, -0.2) is 0 Å². The van der Waals surface area contributed by atoms with Gasteiger partial charge in [-0.05, 0) is 59.1 Å². The van der Waals surface area contributed by atoms with E-state index in [2.05, 4.69) is 26.1 Å². The second kappa shape index (κ2) is 5.73. The summed E-state index contributed by atoms with van der Waals surface area (Å²) < 4.78 is 17.2.